The number of piperazine rings is 1. The first kappa shape index (κ1) is 15.6. The maximum atomic E-state index is 9.67. The van der Waals surface area contributed by atoms with Crippen LogP contribution in [0.3, 0.4) is 0 Å². The van der Waals surface area contributed by atoms with Crippen molar-refractivity contribution in [2.75, 3.05) is 51.2 Å². The molecule has 2 fully saturated rings. The molecule has 3 heterocycles. The van der Waals surface area contributed by atoms with E-state index >= 15 is 0 Å². The van der Waals surface area contributed by atoms with Gasteiger partial charge in [-0.1, -0.05) is 0 Å². The summed E-state index contributed by atoms with van der Waals surface area (Å²) in [6.07, 6.45) is 4.78. The minimum Gasteiger partial charge on any atom is -0.393 e. The van der Waals surface area contributed by atoms with Crippen LogP contribution in [0, 0.1) is 5.92 Å². The monoisotopic (exact) mass is 305 g/mol. The van der Waals surface area contributed by atoms with E-state index in [1.165, 1.54) is 0 Å². The molecule has 0 aromatic carbocycles. The number of nitrogens with zero attached hydrogens (tertiary/aromatic N) is 5. The lowest BCUT2D eigenvalue weighted by atomic mass is 10.0. The van der Waals surface area contributed by atoms with Crippen molar-refractivity contribution < 1.29 is 5.11 Å². The second-order valence-corrected chi connectivity index (χ2v) is 6.71. The minimum absolute atomic E-state index is 0.208. The Morgan fingerprint density at radius 1 is 1.18 bits per heavy atom. The van der Waals surface area contributed by atoms with Crippen molar-refractivity contribution in [1.29, 1.82) is 0 Å². The number of aromatic nitrogens is 2. The van der Waals surface area contributed by atoms with Crippen LogP contribution in [0.5, 0.6) is 0 Å². The highest BCUT2D eigenvalue weighted by atomic mass is 16.3. The SMILES string of the molecule is CC(O)C1CCN(Cc2cnc(N3CCN(C)CC3)nc2)C1. The minimum atomic E-state index is -0.208. The van der Waals surface area contributed by atoms with E-state index in [1.54, 1.807) is 0 Å². The molecule has 1 N–H and O–H groups in total. The molecule has 2 saturated heterocycles. The molecule has 1 aromatic rings. The lowest BCUT2D eigenvalue weighted by Crippen LogP contribution is -2.45. The standard InChI is InChI=1S/C16H27N5O/c1-13(22)15-3-4-20(12-15)11-14-9-17-16(18-10-14)21-7-5-19(2)6-8-21/h9-10,13,15,22H,3-8,11-12H2,1-2H3. The summed E-state index contributed by atoms with van der Waals surface area (Å²) in [6.45, 7) is 8.93. The molecule has 3 rings (SSSR count). The summed E-state index contributed by atoms with van der Waals surface area (Å²) >= 11 is 0. The van der Waals surface area contributed by atoms with Gasteiger partial charge in [-0.05, 0) is 32.9 Å². The highest BCUT2D eigenvalue weighted by molar-refractivity contribution is 5.30. The molecule has 6 nitrogen and oxygen atoms in total. The predicted molar refractivity (Wildman–Crippen MR) is 86.8 cm³/mol. The van der Waals surface area contributed by atoms with Gasteiger partial charge in [-0.3, -0.25) is 4.90 Å². The van der Waals surface area contributed by atoms with Crippen molar-refractivity contribution in [2.45, 2.75) is 26.0 Å². The zero-order valence-corrected chi connectivity index (χ0v) is 13.6. The van der Waals surface area contributed by atoms with Crippen LogP contribution in [0.2, 0.25) is 0 Å². The zero-order chi connectivity index (χ0) is 15.5. The Labute approximate surface area is 132 Å². The summed E-state index contributed by atoms with van der Waals surface area (Å²) in [4.78, 5) is 16.1. The lowest BCUT2D eigenvalue weighted by molar-refractivity contribution is 0.127. The van der Waals surface area contributed by atoms with Crippen LogP contribution < -0.4 is 4.90 Å². The Hall–Kier alpha value is -1.24. The number of hydrogen-bond donors (Lipinski definition) is 1. The topological polar surface area (TPSA) is 55.7 Å². The summed E-state index contributed by atoms with van der Waals surface area (Å²) in [7, 11) is 2.15. The molecule has 22 heavy (non-hydrogen) atoms. The maximum absolute atomic E-state index is 9.67. The van der Waals surface area contributed by atoms with Gasteiger partial charge in [0, 0.05) is 57.2 Å². The number of aliphatic hydroxyl groups excluding tert-OH is 1. The third-order valence-corrected chi connectivity index (χ3v) is 4.88. The Balaban J connectivity index is 1.54. The second-order valence-electron chi connectivity index (χ2n) is 6.71. The van der Waals surface area contributed by atoms with Gasteiger partial charge >= 0.3 is 0 Å². The molecular formula is C16H27N5O. The van der Waals surface area contributed by atoms with Crippen molar-refractivity contribution in [1.82, 2.24) is 19.8 Å². The molecule has 2 aliphatic rings. The van der Waals surface area contributed by atoms with Gasteiger partial charge < -0.3 is 14.9 Å². The van der Waals surface area contributed by atoms with Crippen molar-refractivity contribution in [3.8, 4) is 0 Å². The molecule has 2 aliphatic heterocycles. The van der Waals surface area contributed by atoms with Crippen molar-refractivity contribution in [3.63, 3.8) is 0 Å². The number of likely N-dealkylation sites (N-methyl/N-ethyl adjacent to an activating group) is 1. The van der Waals surface area contributed by atoms with Crippen LogP contribution >= 0.6 is 0 Å². The number of anilines is 1. The molecule has 0 radical (unpaired) electrons. The molecule has 2 atom stereocenters. The smallest absolute Gasteiger partial charge is 0.225 e. The van der Waals surface area contributed by atoms with Crippen LogP contribution in [0.1, 0.15) is 18.9 Å². The molecule has 0 saturated carbocycles. The van der Waals surface area contributed by atoms with Gasteiger partial charge in [0.2, 0.25) is 5.95 Å². The molecule has 6 heteroatoms. The summed E-state index contributed by atoms with van der Waals surface area (Å²) < 4.78 is 0. The van der Waals surface area contributed by atoms with Gasteiger partial charge in [0.25, 0.3) is 0 Å². The highest BCUT2D eigenvalue weighted by Gasteiger charge is 2.26. The van der Waals surface area contributed by atoms with Gasteiger partial charge in [0.05, 0.1) is 6.10 Å². The fraction of sp³-hybridized carbons (Fsp3) is 0.750. The van der Waals surface area contributed by atoms with Gasteiger partial charge in [0.1, 0.15) is 0 Å². The van der Waals surface area contributed by atoms with E-state index in [-0.39, 0.29) is 6.10 Å². The van der Waals surface area contributed by atoms with Gasteiger partial charge in [0.15, 0.2) is 0 Å². The Kier molecular flexibility index (Phi) is 4.90. The Morgan fingerprint density at radius 2 is 1.86 bits per heavy atom. The molecule has 0 bridgehead atoms. The third kappa shape index (κ3) is 3.74. The second kappa shape index (κ2) is 6.89. The summed E-state index contributed by atoms with van der Waals surface area (Å²) in [6, 6.07) is 0. The zero-order valence-electron chi connectivity index (χ0n) is 13.6. The van der Waals surface area contributed by atoms with E-state index in [4.69, 9.17) is 0 Å². The molecule has 2 unspecified atom stereocenters. The normalized spacial score (nSPS) is 25.6. The van der Waals surface area contributed by atoms with Gasteiger partial charge in [-0.25, -0.2) is 9.97 Å². The van der Waals surface area contributed by atoms with E-state index < -0.39 is 0 Å². The number of likely N-dealkylation sites (tertiary alicyclic amines) is 1. The highest BCUT2D eigenvalue weighted by Crippen LogP contribution is 2.21. The van der Waals surface area contributed by atoms with Crippen molar-refractivity contribution in [2.24, 2.45) is 5.92 Å². The van der Waals surface area contributed by atoms with Gasteiger partial charge in [-0.2, -0.15) is 0 Å². The molecule has 0 amide bonds. The van der Waals surface area contributed by atoms with Crippen molar-refractivity contribution in [3.05, 3.63) is 18.0 Å². The fourth-order valence-electron chi connectivity index (χ4n) is 3.26. The number of hydrogen-bond acceptors (Lipinski definition) is 6. The predicted octanol–water partition coefficient (Wildman–Crippen LogP) is 0.431. The molecule has 0 aliphatic carbocycles. The average molecular weight is 305 g/mol. The van der Waals surface area contributed by atoms with E-state index in [9.17, 15) is 5.11 Å². The van der Waals surface area contributed by atoms with E-state index in [0.717, 1.165) is 63.7 Å². The van der Waals surface area contributed by atoms with E-state index in [0.29, 0.717) is 5.92 Å². The summed E-state index contributed by atoms with van der Waals surface area (Å²) in [5.74, 6) is 1.26. The van der Waals surface area contributed by atoms with Crippen LogP contribution in [-0.4, -0.2) is 77.3 Å². The molecular weight excluding hydrogens is 278 g/mol. The molecule has 1 aromatic heterocycles. The first-order valence-corrected chi connectivity index (χ1v) is 8.26. The largest absolute Gasteiger partial charge is 0.393 e. The molecule has 122 valence electrons. The average Bonchev–Trinajstić information content (AvgIpc) is 2.98. The number of aliphatic hydroxyl groups is 1. The molecule has 0 spiro atoms. The van der Waals surface area contributed by atoms with E-state index in [1.807, 2.05) is 19.3 Å². The first-order valence-electron chi connectivity index (χ1n) is 8.26. The quantitative estimate of drug-likeness (QED) is 0.871. The Morgan fingerprint density at radius 3 is 2.45 bits per heavy atom. The lowest BCUT2D eigenvalue weighted by Gasteiger charge is -2.32. The van der Waals surface area contributed by atoms with Crippen molar-refractivity contribution >= 4 is 5.95 Å². The van der Waals surface area contributed by atoms with Crippen LogP contribution in [0.15, 0.2) is 12.4 Å². The fourth-order valence-corrected chi connectivity index (χ4v) is 3.26. The first-order chi connectivity index (χ1) is 10.6. The summed E-state index contributed by atoms with van der Waals surface area (Å²) in [5.41, 5.74) is 1.16. The van der Waals surface area contributed by atoms with Crippen LogP contribution in [0.4, 0.5) is 5.95 Å². The van der Waals surface area contributed by atoms with E-state index in [2.05, 4.69) is 31.7 Å². The van der Waals surface area contributed by atoms with Crippen LogP contribution in [-0.2, 0) is 6.54 Å². The maximum Gasteiger partial charge on any atom is 0.225 e. The van der Waals surface area contributed by atoms with Gasteiger partial charge in [-0.15, -0.1) is 0 Å². The van der Waals surface area contributed by atoms with Crippen LogP contribution in [0.25, 0.3) is 0 Å². The number of rotatable bonds is 4. The third-order valence-electron chi connectivity index (χ3n) is 4.88. The summed E-state index contributed by atoms with van der Waals surface area (Å²) in [5, 5.41) is 9.67. The Bertz CT molecular complexity index is 470.